The highest BCUT2D eigenvalue weighted by atomic mass is 32.1. The van der Waals surface area contributed by atoms with E-state index in [1.165, 1.54) is 22.5 Å². The lowest BCUT2D eigenvalue weighted by Gasteiger charge is -2.51. The molecule has 0 amide bonds. The van der Waals surface area contributed by atoms with Crippen LogP contribution in [0, 0.1) is 5.41 Å². The minimum atomic E-state index is -0.283. The van der Waals surface area contributed by atoms with Crippen molar-refractivity contribution in [3.63, 3.8) is 0 Å². The lowest BCUT2D eigenvalue weighted by molar-refractivity contribution is 0.532. The number of unbranched alkanes of at least 4 members (excludes halogenated alkanes) is 2. The molecule has 2 aromatic carbocycles. The Morgan fingerprint density at radius 2 is 1.14 bits per heavy atom. The molecule has 1 spiro atoms. The van der Waals surface area contributed by atoms with Gasteiger partial charge in [0, 0.05) is 24.5 Å². The fourth-order valence-corrected chi connectivity index (χ4v) is 5.69. The van der Waals surface area contributed by atoms with Gasteiger partial charge in [-0.25, -0.2) is 0 Å². The summed E-state index contributed by atoms with van der Waals surface area (Å²) in [5.74, 6) is 0. The van der Waals surface area contributed by atoms with E-state index in [9.17, 15) is 0 Å². The van der Waals surface area contributed by atoms with Crippen LogP contribution in [0.2, 0.25) is 0 Å². The number of rotatable bonds is 6. The van der Waals surface area contributed by atoms with Crippen molar-refractivity contribution in [2.75, 3.05) is 22.9 Å². The quantitative estimate of drug-likeness (QED) is 0.500. The van der Waals surface area contributed by atoms with Crippen molar-refractivity contribution in [3.05, 3.63) is 59.7 Å². The van der Waals surface area contributed by atoms with E-state index >= 15 is 0 Å². The van der Waals surface area contributed by atoms with Gasteiger partial charge in [-0.2, -0.15) is 0 Å². The van der Waals surface area contributed by atoms with Crippen LogP contribution in [0.1, 0.15) is 50.7 Å². The van der Waals surface area contributed by atoms with Gasteiger partial charge in [0.2, 0.25) is 0 Å². The molecule has 0 fully saturated rings. The lowest BCUT2D eigenvalue weighted by Crippen LogP contribution is -2.59. The van der Waals surface area contributed by atoms with E-state index in [1.807, 2.05) is 0 Å². The van der Waals surface area contributed by atoms with Crippen molar-refractivity contribution in [2.24, 2.45) is 5.41 Å². The molecular weight excluding hydrogens is 392 g/mol. The molecule has 0 aliphatic carbocycles. The number of anilines is 2. The normalized spacial score (nSPS) is 17.4. The van der Waals surface area contributed by atoms with Crippen LogP contribution < -0.4 is 9.80 Å². The molecule has 4 heteroatoms. The lowest BCUT2D eigenvalue weighted by atomic mass is 9.70. The van der Waals surface area contributed by atoms with Crippen LogP contribution in [-0.2, 0) is 12.8 Å². The zero-order valence-electron chi connectivity index (χ0n) is 17.5. The third-order valence-corrected chi connectivity index (χ3v) is 7.55. The second kappa shape index (κ2) is 8.53. The highest BCUT2D eigenvalue weighted by molar-refractivity contribution is 7.82. The molecule has 2 aliphatic rings. The molecule has 0 bridgehead atoms. The van der Waals surface area contributed by atoms with Crippen LogP contribution in [0.25, 0.3) is 0 Å². The standard InChI is InChI=1S/C25H30N2S2/c1-3-5-15-26-21-13-9-7-11-19(21)17-25(23(26)28)18-20-12-8-10-14-22(20)27(24(25)29)16-6-4-2/h7-14H,3-6,15-18H2,1-2H3. The van der Waals surface area contributed by atoms with Crippen molar-refractivity contribution in [1.82, 2.24) is 0 Å². The maximum Gasteiger partial charge on any atom is 0.0961 e. The summed E-state index contributed by atoms with van der Waals surface area (Å²) in [6.07, 6.45) is 6.39. The first-order valence-electron chi connectivity index (χ1n) is 10.9. The molecular formula is C25H30N2S2. The van der Waals surface area contributed by atoms with Gasteiger partial charge in [-0.3, -0.25) is 0 Å². The Morgan fingerprint density at radius 1 is 0.724 bits per heavy atom. The van der Waals surface area contributed by atoms with Crippen LogP contribution in [0.5, 0.6) is 0 Å². The van der Waals surface area contributed by atoms with E-state index in [-0.39, 0.29) is 5.41 Å². The molecule has 2 heterocycles. The number of benzene rings is 2. The maximum absolute atomic E-state index is 6.23. The second-order valence-corrected chi connectivity index (χ2v) is 9.09. The Morgan fingerprint density at radius 3 is 1.55 bits per heavy atom. The van der Waals surface area contributed by atoms with Crippen molar-refractivity contribution in [2.45, 2.75) is 52.4 Å². The smallest absolute Gasteiger partial charge is 0.0961 e. The van der Waals surface area contributed by atoms with Gasteiger partial charge in [0.05, 0.1) is 15.4 Å². The van der Waals surface area contributed by atoms with Gasteiger partial charge in [-0.05, 0) is 48.9 Å². The average Bonchev–Trinajstić information content (AvgIpc) is 2.74. The number of hydrogen-bond donors (Lipinski definition) is 0. The molecule has 29 heavy (non-hydrogen) atoms. The molecule has 4 rings (SSSR count). The Kier molecular flexibility index (Phi) is 6.03. The number of thiocarbonyl (C=S) groups is 2. The van der Waals surface area contributed by atoms with Crippen molar-refractivity contribution in [3.8, 4) is 0 Å². The molecule has 0 aromatic heterocycles. The Bertz CT molecular complexity index is 845. The van der Waals surface area contributed by atoms with Gasteiger partial charge in [-0.1, -0.05) is 87.5 Å². The molecule has 0 saturated heterocycles. The van der Waals surface area contributed by atoms with Gasteiger partial charge < -0.3 is 9.80 Å². The fraction of sp³-hybridized carbons (Fsp3) is 0.440. The molecule has 0 radical (unpaired) electrons. The predicted molar refractivity (Wildman–Crippen MR) is 132 cm³/mol. The Labute approximate surface area is 185 Å². The zero-order chi connectivity index (χ0) is 20.4. The van der Waals surface area contributed by atoms with Gasteiger partial charge in [0.25, 0.3) is 0 Å². The van der Waals surface area contributed by atoms with Crippen LogP contribution in [-0.4, -0.2) is 23.1 Å². The van der Waals surface area contributed by atoms with E-state index in [2.05, 4.69) is 72.2 Å². The summed E-state index contributed by atoms with van der Waals surface area (Å²) in [4.78, 5) is 6.81. The van der Waals surface area contributed by atoms with Crippen molar-refractivity contribution in [1.29, 1.82) is 0 Å². The highest BCUT2D eigenvalue weighted by Crippen LogP contribution is 2.47. The first kappa shape index (κ1) is 20.5. The van der Waals surface area contributed by atoms with E-state index in [4.69, 9.17) is 24.4 Å². The highest BCUT2D eigenvalue weighted by Gasteiger charge is 2.50. The third kappa shape index (κ3) is 3.51. The number of hydrogen-bond acceptors (Lipinski definition) is 2. The molecule has 0 N–H and O–H groups in total. The summed E-state index contributed by atoms with van der Waals surface area (Å²) in [5, 5.41) is 0. The molecule has 0 unspecified atom stereocenters. The van der Waals surface area contributed by atoms with Gasteiger partial charge >= 0.3 is 0 Å². The van der Waals surface area contributed by atoms with Crippen molar-refractivity contribution >= 4 is 45.8 Å². The molecule has 2 aromatic rings. The Balaban J connectivity index is 1.82. The monoisotopic (exact) mass is 422 g/mol. The number of para-hydroxylation sites is 2. The van der Waals surface area contributed by atoms with E-state index in [0.717, 1.165) is 61.6 Å². The fourth-order valence-electron chi connectivity index (χ4n) is 4.77. The molecule has 2 nitrogen and oxygen atoms in total. The zero-order valence-corrected chi connectivity index (χ0v) is 19.1. The summed E-state index contributed by atoms with van der Waals surface area (Å²) < 4.78 is 0. The first-order valence-corrected chi connectivity index (χ1v) is 11.7. The number of fused-ring (bicyclic) bond motifs is 2. The maximum atomic E-state index is 6.23. The molecule has 0 saturated carbocycles. The van der Waals surface area contributed by atoms with Crippen LogP contribution >= 0.6 is 24.4 Å². The first-order chi connectivity index (χ1) is 14.1. The summed E-state index contributed by atoms with van der Waals surface area (Å²) in [7, 11) is 0. The van der Waals surface area contributed by atoms with Crippen LogP contribution in [0.3, 0.4) is 0 Å². The average molecular weight is 423 g/mol. The number of nitrogens with zero attached hydrogens (tertiary/aromatic N) is 2. The van der Waals surface area contributed by atoms with E-state index < -0.39 is 0 Å². The summed E-state index contributed by atoms with van der Waals surface area (Å²) >= 11 is 12.5. The van der Waals surface area contributed by atoms with Gasteiger partial charge in [0.1, 0.15) is 0 Å². The second-order valence-electron chi connectivity index (χ2n) is 8.31. The minimum absolute atomic E-state index is 0.283. The molecule has 0 atom stereocenters. The third-order valence-electron chi connectivity index (χ3n) is 6.33. The minimum Gasteiger partial charge on any atom is -0.335 e. The van der Waals surface area contributed by atoms with Crippen LogP contribution in [0.15, 0.2) is 48.5 Å². The summed E-state index contributed by atoms with van der Waals surface area (Å²) in [6.45, 7) is 6.41. The van der Waals surface area contributed by atoms with Crippen molar-refractivity contribution < 1.29 is 0 Å². The van der Waals surface area contributed by atoms with Gasteiger partial charge in [0.15, 0.2) is 0 Å². The Hall–Kier alpha value is -1.78. The summed E-state index contributed by atoms with van der Waals surface area (Å²) in [6, 6.07) is 17.5. The SMILES string of the molecule is CCCCN1C(=S)C2(Cc3ccccc31)Cc1ccccc1N(CCCC)C2=S. The summed E-state index contributed by atoms with van der Waals surface area (Å²) in [5.41, 5.74) is 5.01. The van der Waals surface area contributed by atoms with Crippen LogP contribution in [0.4, 0.5) is 11.4 Å². The van der Waals surface area contributed by atoms with Gasteiger partial charge in [-0.15, -0.1) is 0 Å². The largest absolute Gasteiger partial charge is 0.335 e. The predicted octanol–water partition coefficient (Wildman–Crippen LogP) is 6.35. The topological polar surface area (TPSA) is 6.48 Å². The molecule has 152 valence electrons. The molecule has 2 aliphatic heterocycles. The van der Waals surface area contributed by atoms with E-state index in [1.54, 1.807) is 0 Å². The van der Waals surface area contributed by atoms with E-state index in [0.29, 0.717) is 0 Å².